The Labute approximate surface area is 279 Å². The van der Waals surface area contributed by atoms with E-state index >= 15 is 0 Å². The summed E-state index contributed by atoms with van der Waals surface area (Å²) in [7, 11) is 0. The number of nitrogens with zero attached hydrogens (tertiary/aromatic N) is 4. The lowest BCUT2D eigenvalue weighted by Crippen LogP contribution is -2.57. The number of thiophene rings is 1. The second kappa shape index (κ2) is 13.0. The predicted molar refractivity (Wildman–Crippen MR) is 168 cm³/mol. The number of hydrogen-bond donors (Lipinski definition) is 1. The molecule has 1 N–H and O–H groups in total. The summed E-state index contributed by atoms with van der Waals surface area (Å²) in [6, 6.07) is 6.42. The van der Waals surface area contributed by atoms with Crippen molar-refractivity contribution in [2.75, 3.05) is 19.7 Å². The number of alkyl halides is 5. The number of aromatic carboxylic acids is 1. The summed E-state index contributed by atoms with van der Waals surface area (Å²) in [6.07, 6.45) is -6.96. The highest BCUT2D eigenvalue weighted by molar-refractivity contribution is 7.18. The van der Waals surface area contributed by atoms with Gasteiger partial charge in [0.15, 0.2) is 0 Å². The van der Waals surface area contributed by atoms with Crippen molar-refractivity contribution in [3.8, 4) is 16.9 Å². The van der Waals surface area contributed by atoms with Gasteiger partial charge in [0.25, 0.3) is 11.5 Å². The standard InChI is InChI=1S/C32H30ClF5N4O5S/c1-16-11-21(28-27(39-16)23(14-48-28)30(44)45)20-12-18(33)3-6-25(20)46-10-9-42-17(2)40-24-5-4-19(13-22(24)29(42)43)41-8-7-26(31(34,35)15-41)47-32(36,37)38/h3,6,11-12,14,19,26H,4-5,7-10,13,15H2,1-2H3,(H,44,45)/t19-,26+/m1/s1. The Morgan fingerprint density at radius 3 is 2.65 bits per heavy atom. The number of hydrogen-bond acceptors (Lipinski definition) is 8. The molecule has 1 aliphatic carbocycles. The van der Waals surface area contributed by atoms with E-state index in [1.54, 1.807) is 32.0 Å². The van der Waals surface area contributed by atoms with Gasteiger partial charge in [-0.2, -0.15) is 0 Å². The lowest BCUT2D eigenvalue weighted by Gasteiger charge is -2.43. The zero-order valence-electron chi connectivity index (χ0n) is 25.7. The Balaban J connectivity index is 1.20. The van der Waals surface area contributed by atoms with E-state index in [1.165, 1.54) is 26.2 Å². The van der Waals surface area contributed by atoms with Crippen molar-refractivity contribution in [3.63, 3.8) is 0 Å². The Bertz CT molecular complexity index is 1950. The zero-order valence-corrected chi connectivity index (χ0v) is 27.3. The van der Waals surface area contributed by atoms with Crippen molar-refractivity contribution in [2.45, 2.75) is 70.5 Å². The fourth-order valence-corrected chi connectivity index (χ4v) is 7.71. The Morgan fingerprint density at radius 2 is 1.94 bits per heavy atom. The van der Waals surface area contributed by atoms with Crippen LogP contribution in [0.3, 0.4) is 0 Å². The number of pyridine rings is 1. The lowest BCUT2D eigenvalue weighted by atomic mass is 9.89. The molecule has 16 heteroatoms. The average molecular weight is 713 g/mol. The molecule has 0 saturated carbocycles. The van der Waals surface area contributed by atoms with Crippen LogP contribution in [0, 0.1) is 13.8 Å². The van der Waals surface area contributed by atoms with Crippen LogP contribution in [0.15, 0.2) is 34.4 Å². The van der Waals surface area contributed by atoms with Crippen LogP contribution in [0.4, 0.5) is 22.0 Å². The van der Waals surface area contributed by atoms with Crippen molar-refractivity contribution in [3.05, 3.63) is 73.4 Å². The summed E-state index contributed by atoms with van der Waals surface area (Å²) in [6.45, 7) is 2.70. The first-order valence-electron chi connectivity index (χ1n) is 15.1. The van der Waals surface area contributed by atoms with Gasteiger partial charge in [0.05, 0.1) is 34.6 Å². The maximum Gasteiger partial charge on any atom is 0.522 e. The van der Waals surface area contributed by atoms with Crippen LogP contribution in [0.5, 0.6) is 5.75 Å². The van der Waals surface area contributed by atoms with Crippen molar-refractivity contribution >= 4 is 39.1 Å². The molecule has 4 heterocycles. The number of ether oxygens (including phenoxy) is 2. The van der Waals surface area contributed by atoms with Crippen molar-refractivity contribution in [1.29, 1.82) is 0 Å². The Hall–Kier alpha value is -3.66. The highest BCUT2D eigenvalue weighted by Gasteiger charge is 2.51. The van der Waals surface area contributed by atoms with E-state index in [1.807, 2.05) is 6.07 Å². The van der Waals surface area contributed by atoms with E-state index in [0.29, 0.717) is 67.7 Å². The molecule has 0 amide bonds. The minimum Gasteiger partial charge on any atom is -0.491 e. The topological polar surface area (TPSA) is 107 Å². The molecule has 1 aromatic carbocycles. The zero-order chi connectivity index (χ0) is 34.5. The average Bonchev–Trinajstić information content (AvgIpc) is 3.43. The molecule has 0 bridgehead atoms. The molecule has 4 aromatic rings. The molecule has 1 fully saturated rings. The number of aryl methyl sites for hydroxylation is 3. The van der Waals surface area contributed by atoms with E-state index in [-0.39, 0.29) is 37.2 Å². The summed E-state index contributed by atoms with van der Waals surface area (Å²) >= 11 is 7.60. The van der Waals surface area contributed by atoms with Crippen LogP contribution in [0.2, 0.25) is 5.02 Å². The lowest BCUT2D eigenvalue weighted by molar-refractivity contribution is -0.371. The molecule has 1 saturated heterocycles. The third kappa shape index (κ3) is 6.91. The molecule has 3 aromatic heterocycles. The number of likely N-dealkylation sites (tertiary alicyclic amines) is 1. The fraction of sp³-hybridized carbons (Fsp3) is 0.438. The van der Waals surface area contributed by atoms with E-state index in [4.69, 9.17) is 16.3 Å². The highest BCUT2D eigenvalue weighted by atomic mass is 35.5. The summed E-state index contributed by atoms with van der Waals surface area (Å²) in [5.41, 5.74) is 3.02. The third-order valence-electron chi connectivity index (χ3n) is 8.73. The maximum atomic E-state index is 14.7. The van der Waals surface area contributed by atoms with Gasteiger partial charge in [0, 0.05) is 45.4 Å². The predicted octanol–water partition coefficient (Wildman–Crippen LogP) is 6.67. The molecule has 0 radical (unpaired) electrons. The van der Waals surface area contributed by atoms with Crippen LogP contribution in [-0.4, -0.2) is 74.6 Å². The molecular weight excluding hydrogens is 683 g/mol. The molecule has 6 rings (SSSR count). The van der Waals surface area contributed by atoms with E-state index in [9.17, 15) is 36.6 Å². The second-order valence-electron chi connectivity index (χ2n) is 11.9. The Morgan fingerprint density at radius 1 is 1.17 bits per heavy atom. The number of carboxylic acids is 1. The number of carboxylic acid groups (broad SMARTS) is 1. The summed E-state index contributed by atoms with van der Waals surface area (Å²) in [4.78, 5) is 36.0. The largest absolute Gasteiger partial charge is 0.522 e. The van der Waals surface area contributed by atoms with Gasteiger partial charge in [-0.3, -0.25) is 24.0 Å². The first kappa shape index (κ1) is 34.2. The number of aromatic nitrogens is 3. The number of rotatable bonds is 8. The molecule has 0 unspecified atom stereocenters. The van der Waals surface area contributed by atoms with Crippen LogP contribution in [0.25, 0.3) is 21.3 Å². The number of piperidine rings is 1. The van der Waals surface area contributed by atoms with E-state index in [2.05, 4.69) is 14.7 Å². The molecule has 1 aliphatic heterocycles. The van der Waals surface area contributed by atoms with Gasteiger partial charge in [-0.1, -0.05) is 11.6 Å². The third-order valence-corrected chi connectivity index (χ3v) is 9.97. The number of carbonyl (C=O) groups is 1. The van der Waals surface area contributed by atoms with Crippen LogP contribution >= 0.6 is 22.9 Å². The molecule has 48 heavy (non-hydrogen) atoms. The first-order chi connectivity index (χ1) is 22.6. The number of halogens is 6. The monoisotopic (exact) mass is 712 g/mol. The molecule has 2 atom stereocenters. The van der Waals surface area contributed by atoms with Crippen LogP contribution in [-0.2, 0) is 24.1 Å². The van der Waals surface area contributed by atoms with Gasteiger partial charge in [-0.15, -0.1) is 24.5 Å². The summed E-state index contributed by atoms with van der Waals surface area (Å²) in [5.74, 6) is -3.88. The van der Waals surface area contributed by atoms with E-state index < -0.39 is 43.4 Å². The number of benzene rings is 1. The van der Waals surface area contributed by atoms with Gasteiger partial charge >= 0.3 is 12.3 Å². The molecule has 9 nitrogen and oxygen atoms in total. The van der Waals surface area contributed by atoms with Gasteiger partial charge < -0.3 is 9.84 Å². The quantitative estimate of drug-likeness (QED) is 0.202. The van der Waals surface area contributed by atoms with E-state index in [0.717, 1.165) is 0 Å². The van der Waals surface area contributed by atoms with Crippen LogP contribution < -0.4 is 10.3 Å². The van der Waals surface area contributed by atoms with Crippen molar-refractivity contribution < 1.29 is 41.3 Å². The van der Waals surface area contributed by atoms with Gasteiger partial charge in [0.2, 0.25) is 0 Å². The van der Waals surface area contributed by atoms with Gasteiger partial charge in [-0.05, 0) is 63.8 Å². The summed E-state index contributed by atoms with van der Waals surface area (Å²) in [5, 5.41) is 11.6. The first-order valence-corrected chi connectivity index (χ1v) is 16.4. The number of fused-ring (bicyclic) bond motifs is 2. The fourth-order valence-electron chi connectivity index (χ4n) is 6.52. The molecule has 256 valence electrons. The van der Waals surface area contributed by atoms with Gasteiger partial charge in [0.1, 0.15) is 24.3 Å². The molecule has 0 spiro atoms. The van der Waals surface area contributed by atoms with Crippen molar-refractivity contribution in [1.82, 2.24) is 19.4 Å². The highest BCUT2D eigenvalue weighted by Crippen LogP contribution is 2.41. The minimum atomic E-state index is -5.16. The second-order valence-corrected chi connectivity index (χ2v) is 13.3. The Kier molecular flexibility index (Phi) is 9.26. The smallest absolute Gasteiger partial charge is 0.491 e. The summed E-state index contributed by atoms with van der Waals surface area (Å²) < 4.78 is 79.3. The minimum absolute atomic E-state index is 0.0204. The SMILES string of the molecule is Cc1cc(-c2cc(Cl)ccc2OCCn2c(C)nc3c(c2=O)C[C@H](N2CC[C@H](OC(F)(F)F)C(F)(F)C2)CC3)c2scc(C(=O)O)c2n1. The molecular formula is C32H30ClF5N4O5S. The normalized spacial score (nSPS) is 19.8. The molecule has 2 aliphatic rings. The van der Waals surface area contributed by atoms with Crippen LogP contribution in [0.1, 0.15) is 46.0 Å². The van der Waals surface area contributed by atoms with Gasteiger partial charge in [-0.25, -0.2) is 18.6 Å². The maximum absolute atomic E-state index is 14.7. The van der Waals surface area contributed by atoms with Crippen molar-refractivity contribution in [2.24, 2.45) is 0 Å².